The molecule has 1 aromatic rings. The summed E-state index contributed by atoms with van der Waals surface area (Å²) in [4.78, 5) is 14.5. The Morgan fingerprint density at radius 3 is 2.97 bits per heavy atom. The predicted octanol–water partition coefficient (Wildman–Crippen LogP) is 2.06. The molecular weight excluding hydrogens is 370 g/mol. The number of methoxy groups -OCH3 is 1. The van der Waals surface area contributed by atoms with Gasteiger partial charge in [0.15, 0.2) is 11.5 Å². The van der Waals surface area contributed by atoms with E-state index in [1.54, 1.807) is 6.07 Å². The fourth-order valence-electron chi connectivity index (χ4n) is 6.69. The van der Waals surface area contributed by atoms with Crippen LogP contribution in [0.1, 0.15) is 43.2 Å². The van der Waals surface area contributed by atoms with Crippen molar-refractivity contribution in [2.75, 3.05) is 20.2 Å². The number of piperidine rings is 1. The van der Waals surface area contributed by atoms with E-state index in [2.05, 4.69) is 4.90 Å². The molecule has 1 saturated heterocycles. The number of aromatic hydroxyl groups is 1. The number of hydrogen-bond donors (Lipinski definition) is 2. The number of ether oxygens (including phenoxy) is 2. The zero-order valence-electron chi connectivity index (χ0n) is 16.7. The summed E-state index contributed by atoms with van der Waals surface area (Å²) in [6.45, 7) is 1.96. The second-order valence-electron chi connectivity index (χ2n) is 9.49. The molecule has 0 radical (unpaired) electrons. The normalized spacial score (nSPS) is 38.5. The van der Waals surface area contributed by atoms with Crippen molar-refractivity contribution in [1.29, 1.82) is 0 Å². The van der Waals surface area contributed by atoms with Gasteiger partial charge in [-0.25, -0.2) is 4.79 Å². The molecule has 2 aliphatic heterocycles. The van der Waals surface area contributed by atoms with Crippen LogP contribution < -0.4 is 4.74 Å². The molecule has 2 saturated carbocycles. The zero-order valence-corrected chi connectivity index (χ0v) is 16.7. The molecule has 2 N–H and O–H groups in total. The third-order valence-electron chi connectivity index (χ3n) is 8.15. The van der Waals surface area contributed by atoms with Gasteiger partial charge >= 0.3 is 5.97 Å². The molecule has 2 bridgehead atoms. The summed E-state index contributed by atoms with van der Waals surface area (Å²) in [6, 6.07) is 3.75. The second-order valence-corrected chi connectivity index (χ2v) is 9.49. The number of benzene rings is 1. The van der Waals surface area contributed by atoms with Gasteiger partial charge in [-0.05, 0) is 68.2 Å². The average molecular weight is 397 g/mol. The van der Waals surface area contributed by atoms with Crippen molar-refractivity contribution >= 4 is 5.97 Å². The van der Waals surface area contributed by atoms with Crippen LogP contribution in [0.5, 0.6) is 11.5 Å². The number of rotatable bonds is 3. The number of esters is 1. The van der Waals surface area contributed by atoms with Crippen LogP contribution in [-0.2, 0) is 21.4 Å². The van der Waals surface area contributed by atoms with Crippen LogP contribution in [0, 0.1) is 5.92 Å². The Balaban J connectivity index is 1.53. The Hall–Kier alpha value is -2.05. The fourth-order valence-corrected chi connectivity index (χ4v) is 6.69. The number of phenolic OH excluding ortho intramolecular Hbond substituents is 1. The van der Waals surface area contributed by atoms with Crippen molar-refractivity contribution in [3.8, 4) is 11.5 Å². The third kappa shape index (κ3) is 2.16. The average Bonchev–Trinajstić information content (AvgIpc) is 3.44. The summed E-state index contributed by atoms with van der Waals surface area (Å²) >= 11 is 0. The Kier molecular flexibility index (Phi) is 3.53. The molecule has 29 heavy (non-hydrogen) atoms. The van der Waals surface area contributed by atoms with Gasteiger partial charge < -0.3 is 19.7 Å². The van der Waals surface area contributed by atoms with Crippen LogP contribution >= 0.6 is 0 Å². The fraction of sp³-hybridized carbons (Fsp3) is 0.609. The highest BCUT2D eigenvalue weighted by atomic mass is 16.5. The van der Waals surface area contributed by atoms with Gasteiger partial charge in [0.1, 0.15) is 6.10 Å². The highest BCUT2D eigenvalue weighted by molar-refractivity contribution is 5.83. The van der Waals surface area contributed by atoms with E-state index in [0.717, 1.165) is 48.5 Å². The molecular formula is C23H27NO5. The number of carbonyl (C=O) groups excluding carboxylic acids is 1. The van der Waals surface area contributed by atoms with Crippen LogP contribution in [0.4, 0.5) is 0 Å². The number of aliphatic hydroxyl groups is 1. The molecule has 1 spiro atoms. The molecule has 1 aromatic carbocycles. The van der Waals surface area contributed by atoms with Crippen LogP contribution in [-0.4, -0.2) is 59.0 Å². The van der Waals surface area contributed by atoms with Crippen molar-refractivity contribution in [2.45, 2.75) is 61.7 Å². The number of likely N-dealkylation sites (tertiary alicyclic amines) is 1. The summed E-state index contributed by atoms with van der Waals surface area (Å²) in [5.41, 5.74) is 1.46. The molecule has 0 aromatic heterocycles. The highest BCUT2D eigenvalue weighted by Gasteiger charge is 2.72. The van der Waals surface area contributed by atoms with Crippen molar-refractivity contribution in [3.05, 3.63) is 34.9 Å². The van der Waals surface area contributed by atoms with E-state index in [4.69, 9.17) is 9.47 Å². The topological polar surface area (TPSA) is 79.2 Å². The highest BCUT2D eigenvalue weighted by Crippen LogP contribution is 2.66. The van der Waals surface area contributed by atoms with Crippen LogP contribution in [0.2, 0.25) is 0 Å². The maximum absolute atomic E-state index is 12.3. The summed E-state index contributed by atoms with van der Waals surface area (Å²) in [7, 11) is 1.37. The van der Waals surface area contributed by atoms with Crippen molar-refractivity contribution < 1.29 is 24.5 Å². The molecule has 4 atom stereocenters. The van der Waals surface area contributed by atoms with E-state index in [9.17, 15) is 15.0 Å². The van der Waals surface area contributed by atoms with Gasteiger partial charge in [0, 0.05) is 24.2 Å². The van der Waals surface area contributed by atoms with Gasteiger partial charge in [-0.3, -0.25) is 4.90 Å². The van der Waals surface area contributed by atoms with Crippen LogP contribution in [0.25, 0.3) is 0 Å². The monoisotopic (exact) mass is 397 g/mol. The van der Waals surface area contributed by atoms with E-state index < -0.39 is 23.1 Å². The maximum atomic E-state index is 12.3. The lowest BCUT2D eigenvalue weighted by Crippen LogP contribution is -2.75. The predicted molar refractivity (Wildman–Crippen MR) is 105 cm³/mol. The van der Waals surface area contributed by atoms with E-state index in [1.807, 2.05) is 6.07 Å². The van der Waals surface area contributed by atoms with E-state index >= 15 is 0 Å². The SMILES string of the molecule is COC(=O)/C=C1\CC[C@@]2(O)[C@H]3Cc4ccc(O)c5c4[C@@]2(CCN3CC2CC2)[C@H]1O5. The Morgan fingerprint density at radius 2 is 2.21 bits per heavy atom. The van der Waals surface area contributed by atoms with Gasteiger partial charge in [0.2, 0.25) is 0 Å². The zero-order chi connectivity index (χ0) is 20.0. The Morgan fingerprint density at radius 1 is 1.38 bits per heavy atom. The van der Waals surface area contributed by atoms with Crippen molar-refractivity contribution in [3.63, 3.8) is 0 Å². The molecule has 6 heteroatoms. The first-order valence-corrected chi connectivity index (χ1v) is 10.7. The molecule has 5 aliphatic rings. The molecule has 2 heterocycles. The van der Waals surface area contributed by atoms with Crippen molar-refractivity contribution in [1.82, 2.24) is 4.90 Å². The minimum absolute atomic E-state index is 0.0469. The summed E-state index contributed by atoms with van der Waals surface area (Å²) in [5, 5.41) is 22.8. The molecule has 0 amide bonds. The molecule has 0 unspecified atom stereocenters. The number of phenols is 1. The Labute approximate surface area is 170 Å². The first-order valence-electron chi connectivity index (χ1n) is 10.7. The smallest absolute Gasteiger partial charge is 0.330 e. The van der Waals surface area contributed by atoms with Gasteiger partial charge in [-0.15, -0.1) is 0 Å². The molecule has 3 fully saturated rings. The van der Waals surface area contributed by atoms with Crippen LogP contribution in [0.3, 0.4) is 0 Å². The quantitative estimate of drug-likeness (QED) is 0.600. The van der Waals surface area contributed by atoms with Crippen LogP contribution in [0.15, 0.2) is 23.8 Å². The standard InChI is InChI=1S/C23H27NO5/c1-28-18(26)11-15-6-7-23(27)17-10-14-4-5-16(25)20-19(14)22(23,21(15)29-20)8-9-24(17)12-13-2-3-13/h4-5,11,13,17,21,25,27H,2-3,6-10,12H2,1H3/b15-11+/t17-,21+,22+,23-/m1/s1. The third-order valence-corrected chi connectivity index (χ3v) is 8.15. The van der Waals surface area contributed by atoms with Gasteiger partial charge in [0.05, 0.1) is 18.1 Å². The first kappa shape index (κ1) is 17.8. The number of nitrogens with zero attached hydrogens (tertiary/aromatic N) is 1. The number of carbonyl (C=O) groups is 1. The lowest BCUT2D eigenvalue weighted by Gasteiger charge is -2.63. The molecule has 6 rings (SSSR count). The largest absolute Gasteiger partial charge is 0.504 e. The lowest BCUT2D eigenvalue weighted by molar-refractivity contribution is -0.175. The molecule has 3 aliphatic carbocycles. The first-order chi connectivity index (χ1) is 14.0. The summed E-state index contributed by atoms with van der Waals surface area (Å²) < 4.78 is 11.2. The van der Waals surface area contributed by atoms with Gasteiger partial charge in [-0.2, -0.15) is 0 Å². The van der Waals surface area contributed by atoms with E-state index in [-0.39, 0.29) is 11.8 Å². The summed E-state index contributed by atoms with van der Waals surface area (Å²) in [5.74, 6) is 0.978. The minimum atomic E-state index is -0.926. The van der Waals surface area contributed by atoms with Crippen molar-refractivity contribution in [2.24, 2.45) is 5.92 Å². The lowest BCUT2D eigenvalue weighted by atomic mass is 9.48. The van der Waals surface area contributed by atoms with E-state index in [0.29, 0.717) is 18.6 Å². The second kappa shape index (κ2) is 5.76. The minimum Gasteiger partial charge on any atom is -0.504 e. The summed E-state index contributed by atoms with van der Waals surface area (Å²) in [6.07, 6.45) is 6.40. The van der Waals surface area contributed by atoms with E-state index in [1.165, 1.54) is 26.0 Å². The van der Waals surface area contributed by atoms with Gasteiger partial charge in [0.25, 0.3) is 0 Å². The maximum Gasteiger partial charge on any atom is 0.330 e. The number of hydrogen-bond acceptors (Lipinski definition) is 6. The molecule has 154 valence electrons. The van der Waals surface area contributed by atoms with Gasteiger partial charge in [-0.1, -0.05) is 6.07 Å². The molecule has 6 nitrogen and oxygen atoms in total. The Bertz CT molecular complexity index is 937.